The molecule has 0 saturated carbocycles. The molecule has 0 aliphatic rings. The summed E-state index contributed by atoms with van der Waals surface area (Å²) in [6.45, 7) is 1.71. The number of nitrogens with two attached hydrogens (primary N) is 1. The molecule has 0 heterocycles. The quantitative estimate of drug-likeness (QED) is 0.828. The summed E-state index contributed by atoms with van der Waals surface area (Å²) in [6.07, 6.45) is 0. The van der Waals surface area contributed by atoms with Crippen LogP contribution in [-0.2, 0) is 0 Å². The molecule has 5 heteroatoms. The highest BCUT2D eigenvalue weighted by molar-refractivity contribution is 9.10. The van der Waals surface area contributed by atoms with Crippen LogP contribution in [-0.4, -0.2) is 35.6 Å². The Morgan fingerprint density at radius 1 is 1.56 bits per heavy atom. The highest BCUT2D eigenvalue weighted by Crippen LogP contribution is 2.18. The zero-order valence-corrected chi connectivity index (χ0v) is 10.9. The number of aliphatic hydroxyl groups is 1. The number of carbonyl (C=O) groups excluding carboxylic acids is 1. The number of anilines is 1. The lowest BCUT2D eigenvalue weighted by Crippen LogP contribution is -2.37. The van der Waals surface area contributed by atoms with Crippen LogP contribution in [0.15, 0.2) is 22.7 Å². The van der Waals surface area contributed by atoms with Crippen LogP contribution < -0.4 is 5.73 Å². The third-order valence-corrected chi connectivity index (χ3v) is 2.87. The fourth-order valence-corrected chi connectivity index (χ4v) is 1.77. The molecule has 88 valence electrons. The van der Waals surface area contributed by atoms with Gasteiger partial charge in [-0.25, -0.2) is 0 Å². The fraction of sp³-hybridized carbons (Fsp3) is 0.364. The first-order chi connectivity index (χ1) is 7.45. The number of nitrogens with zero attached hydrogens (tertiary/aromatic N) is 1. The standard InChI is InChI=1S/C11H15BrN2O2/c1-7(6-15)14(2)11(16)8-3-9(12)5-10(13)4-8/h3-5,7,15H,6,13H2,1-2H3. The zero-order chi connectivity index (χ0) is 12.3. The van der Waals surface area contributed by atoms with Crippen molar-refractivity contribution in [2.75, 3.05) is 19.4 Å². The summed E-state index contributed by atoms with van der Waals surface area (Å²) in [5.41, 5.74) is 6.70. The van der Waals surface area contributed by atoms with E-state index < -0.39 is 0 Å². The monoisotopic (exact) mass is 286 g/mol. The smallest absolute Gasteiger partial charge is 0.254 e. The van der Waals surface area contributed by atoms with Crippen molar-refractivity contribution in [2.45, 2.75) is 13.0 Å². The summed E-state index contributed by atoms with van der Waals surface area (Å²) < 4.78 is 0.765. The molecule has 0 saturated heterocycles. The van der Waals surface area contributed by atoms with Gasteiger partial charge in [-0.3, -0.25) is 4.79 Å². The lowest BCUT2D eigenvalue weighted by atomic mass is 10.1. The van der Waals surface area contributed by atoms with Crippen LogP contribution >= 0.6 is 15.9 Å². The summed E-state index contributed by atoms with van der Waals surface area (Å²) in [4.78, 5) is 13.5. The number of amides is 1. The van der Waals surface area contributed by atoms with Gasteiger partial charge in [-0.15, -0.1) is 0 Å². The van der Waals surface area contributed by atoms with Gasteiger partial charge < -0.3 is 15.7 Å². The van der Waals surface area contributed by atoms with Crippen molar-refractivity contribution in [1.82, 2.24) is 4.90 Å². The number of hydrogen-bond donors (Lipinski definition) is 2. The Kier molecular flexibility index (Phi) is 4.32. The molecule has 0 aliphatic heterocycles. The Hall–Kier alpha value is -1.07. The molecule has 4 nitrogen and oxygen atoms in total. The predicted molar refractivity (Wildman–Crippen MR) is 67.2 cm³/mol. The first-order valence-corrected chi connectivity index (χ1v) is 5.69. The lowest BCUT2D eigenvalue weighted by molar-refractivity contribution is 0.0682. The van der Waals surface area contributed by atoms with Crippen LogP contribution in [0, 0.1) is 0 Å². The summed E-state index contributed by atoms with van der Waals surface area (Å²) in [6, 6.07) is 4.84. The van der Waals surface area contributed by atoms with Gasteiger partial charge in [-0.1, -0.05) is 15.9 Å². The predicted octanol–water partition coefficient (Wildman–Crippen LogP) is 1.48. The molecule has 0 aromatic heterocycles. The van der Waals surface area contributed by atoms with Crippen LogP contribution in [0.25, 0.3) is 0 Å². The topological polar surface area (TPSA) is 66.6 Å². The Bertz CT molecular complexity index is 375. The van der Waals surface area contributed by atoms with Crippen molar-refractivity contribution < 1.29 is 9.90 Å². The van der Waals surface area contributed by atoms with Crippen LogP contribution in [0.2, 0.25) is 0 Å². The minimum absolute atomic E-state index is 0.0638. The van der Waals surface area contributed by atoms with Gasteiger partial charge in [0, 0.05) is 22.8 Å². The number of likely N-dealkylation sites (N-methyl/N-ethyl adjacent to an activating group) is 1. The molecule has 1 aromatic carbocycles. The molecule has 1 unspecified atom stereocenters. The maximum Gasteiger partial charge on any atom is 0.254 e. The normalized spacial score (nSPS) is 12.2. The van der Waals surface area contributed by atoms with Crippen molar-refractivity contribution in [3.63, 3.8) is 0 Å². The van der Waals surface area contributed by atoms with Gasteiger partial charge in [-0.05, 0) is 25.1 Å². The second-order valence-corrected chi connectivity index (χ2v) is 4.64. The van der Waals surface area contributed by atoms with Crippen molar-refractivity contribution in [2.24, 2.45) is 0 Å². The SMILES string of the molecule is CC(CO)N(C)C(=O)c1cc(N)cc(Br)c1. The van der Waals surface area contributed by atoms with E-state index in [9.17, 15) is 4.79 Å². The van der Waals surface area contributed by atoms with Crippen molar-refractivity contribution in [3.8, 4) is 0 Å². The van der Waals surface area contributed by atoms with Crippen LogP contribution in [0.3, 0.4) is 0 Å². The third kappa shape index (κ3) is 2.96. The average molecular weight is 287 g/mol. The molecule has 0 fully saturated rings. The van der Waals surface area contributed by atoms with Gasteiger partial charge in [0.2, 0.25) is 0 Å². The third-order valence-electron chi connectivity index (χ3n) is 2.41. The van der Waals surface area contributed by atoms with Gasteiger partial charge >= 0.3 is 0 Å². The molecule has 0 spiro atoms. The minimum Gasteiger partial charge on any atom is -0.399 e. The molecular formula is C11H15BrN2O2. The van der Waals surface area contributed by atoms with Crippen molar-refractivity contribution >= 4 is 27.5 Å². The van der Waals surface area contributed by atoms with E-state index in [0.29, 0.717) is 11.3 Å². The second kappa shape index (κ2) is 5.32. The lowest BCUT2D eigenvalue weighted by Gasteiger charge is -2.23. The van der Waals surface area contributed by atoms with Gasteiger partial charge in [0.15, 0.2) is 0 Å². The second-order valence-electron chi connectivity index (χ2n) is 3.72. The number of benzene rings is 1. The van der Waals surface area contributed by atoms with Crippen LogP contribution in [0.4, 0.5) is 5.69 Å². The number of hydrogen-bond acceptors (Lipinski definition) is 3. The van der Waals surface area contributed by atoms with E-state index >= 15 is 0 Å². The maximum atomic E-state index is 12.0. The van der Waals surface area contributed by atoms with Gasteiger partial charge in [0.1, 0.15) is 0 Å². The first kappa shape index (κ1) is 13.0. The van der Waals surface area contributed by atoms with Crippen LogP contribution in [0.1, 0.15) is 17.3 Å². The molecule has 1 aromatic rings. The van der Waals surface area contributed by atoms with E-state index in [1.165, 1.54) is 4.90 Å². The molecular weight excluding hydrogens is 272 g/mol. The number of rotatable bonds is 3. The van der Waals surface area contributed by atoms with E-state index in [0.717, 1.165) is 4.47 Å². The summed E-state index contributed by atoms with van der Waals surface area (Å²) in [5, 5.41) is 8.98. The Labute approximate surface area is 103 Å². The molecule has 0 aliphatic carbocycles. The Morgan fingerprint density at radius 2 is 2.19 bits per heavy atom. The largest absolute Gasteiger partial charge is 0.399 e. The van der Waals surface area contributed by atoms with Crippen molar-refractivity contribution in [3.05, 3.63) is 28.2 Å². The average Bonchev–Trinajstić information content (AvgIpc) is 2.24. The first-order valence-electron chi connectivity index (χ1n) is 4.89. The number of aliphatic hydroxyl groups excluding tert-OH is 1. The fourth-order valence-electron chi connectivity index (χ4n) is 1.26. The highest BCUT2D eigenvalue weighted by Gasteiger charge is 2.17. The summed E-state index contributed by atoms with van der Waals surface area (Å²) >= 11 is 3.28. The van der Waals surface area contributed by atoms with E-state index in [2.05, 4.69) is 15.9 Å². The van der Waals surface area contributed by atoms with Crippen LogP contribution in [0.5, 0.6) is 0 Å². The number of halogens is 1. The zero-order valence-electron chi connectivity index (χ0n) is 9.27. The number of nitrogen functional groups attached to an aromatic ring is 1. The van der Waals surface area contributed by atoms with E-state index in [1.807, 2.05) is 0 Å². The molecule has 1 amide bonds. The van der Waals surface area contributed by atoms with Gasteiger partial charge in [0.25, 0.3) is 5.91 Å². The minimum atomic E-state index is -0.215. The summed E-state index contributed by atoms with van der Waals surface area (Å²) in [5.74, 6) is -0.158. The maximum absolute atomic E-state index is 12.0. The van der Waals surface area contributed by atoms with E-state index in [4.69, 9.17) is 10.8 Å². The van der Waals surface area contributed by atoms with E-state index in [-0.39, 0.29) is 18.6 Å². The van der Waals surface area contributed by atoms with Gasteiger partial charge in [-0.2, -0.15) is 0 Å². The highest BCUT2D eigenvalue weighted by atomic mass is 79.9. The molecule has 0 radical (unpaired) electrons. The van der Waals surface area contributed by atoms with Gasteiger partial charge in [0.05, 0.1) is 12.6 Å². The van der Waals surface area contributed by atoms with E-state index in [1.54, 1.807) is 32.2 Å². The Balaban J connectivity index is 2.96. The molecule has 1 rings (SSSR count). The number of carbonyl (C=O) groups is 1. The Morgan fingerprint density at radius 3 is 2.69 bits per heavy atom. The van der Waals surface area contributed by atoms with Crippen molar-refractivity contribution in [1.29, 1.82) is 0 Å². The molecule has 0 bridgehead atoms. The molecule has 1 atom stereocenters. The molecule has 3 N–H and O–H groups in total. The molecule has 16 heavy (non-hydrogen) atoms. The summed E-state index contributed by atoms with van der Waals surface area (Å²) in [7, 11) is 1.65.